The van der Waals surface area contributed by atoms with E-state index in [4.69, 9.17) is 0 Å². The van der Waals surface area contributed by atoms with Crippen LogP contribution in [0.1, 0.15) is 5.56 Å². The first-order valence-electron chi connectivity index (χ1n) is 7.20. The summed E-state index contributed by atoms with van der Waals surface area (Å²) in [5.74, 6) is -0.821. The Kier molecular flexibility index (Phi) is 4.71. The van der Waals surface area contributed by atoms with Gasteiger partial charge in [-0.1, -0.05) is 34.1 Å². The molecule has 3 rings (SSSR count). The number of aromatic nitrogens is 2. The molecule has 0 aliphatic rings. The number of halogens is 2. The number of nitrogens with zero attached hydrogens (tertiary/aromatic N) is 2. The number of hydrogen-bond donors (Lipinski definition) is 1. The minimum Gasteiger partial charge on any atom is -0.350 e. The van der Waals surface area contributed by atoms with E-state index in [2.05, 4.69) is 26.3 Å². The molecule has 7 heteroatoms. The average molecular weight is 390 g/mol. The van der Waals surface area contributed by atoms with Crippen LogP contribution in [0.4, 0.5) is 4.39 Å². The van der Waals surface area contributed by atoms with Crippen LogP contribution in [0, 0.1) is 5.82 Å². The maximum absolute atomic E-state index is 13.6. The number of benzene rings is 2. The Morgan fingerprint density at radius 3 is 2.88 bits per heavy atom. The summed E-state index contributed by atoms with van der Waals surface area (Å²) in [6.07, 6.45) is 1.54. The van der Waals surface area contributed by atoms with Gasteiger partial charge >= 0.3 is 0 Å². The van der Waals surface area contributed by atoms with Crippen LogP contribution < -0.4 is 10.9 Å². The van der Waals surface area contributed by atoms with Crippen LogP contribution in [0.2, 0.25) is 0 Å². The van der Waals surface area contributed by atoms with Crippen molar-refractivity contribution in [3.05, 3.63) is 74.9 Å². The molecule has 0 spiro atoms. The molecular weight excluding hydrogens is 377 g/mol. The summed E-state index contributed by atoms with van der Waals surface area (Å²) >= 11 is 3.25. The van der Waals surface area contributed by atoms with Gasteiger partial charge in [-0.3, -0.25) is 9.59 Å². The molecule has 0 saturated heterocycles. The molecule has 0 saturated carbocycles. The molecule has 0 aliphatic heterocycles. The van der Waals surface area contributed by atoms with E-state index in [1.807, 2.05) is 6.07 Å². The lowest BCUT2D eigenvalue weighted by molar-refractivity contribution is -0.122. The highest BCUT2D eigenvalue weighted by atomic mass is 79.9. The highest BCUT2D eigenvalue weighted by Gasteiger charge is 2.09. The molecule has 5 nitrogen and oxygen atoms in total. The second kappa shape index (κ2) is 6.92. The Morgan fingerprint density at radius 2 is 2.04 bits per heavy atom. The molecular formula is C17H13BrFN3O2. The zero-order valence-corrected chi connectivity index (χ0v) is 14.1. The normalized spacial score (nSPS) is 10.8. The van der Waals surface area contributed by atoms with Crippen LogP contribution in [0.5, 0.6) is 0 Å². The largest absolute Gasteiger partial charge is 0.350 e. The number of carbonyl (C=O) groups excluding carboxylic acids is 1. The number of amides is 1. The third kappa shape index (κ3) is 3.51. The van der Waals surface area contributed by atoms with Crippen molar-refractivity contribution >= 4 is 32.6 Å². The summed E-state index contributed by atoms with van der Waals surface area (Å²) in [6, 6.07) is 11.5. The summed E-state index contributed by atoms with van der Waals surface area (Å²) in [4.78, 5) is 24.3. The van der Waals surface area contributed by atoms with Gasteiger partial charge in [0.1, 0.15) is 12.4 Å². The second-order valence-electron chi connectivity index (χ2n) is 5.21. The monoisotopic (exact) mass is 389 g/mol. The molecule has 0 unspecified atom stereocenters. The van der Waals surface area contributed by atoms with Gasteiger partial charge in [0.15, 0.2) is 0 Å². The molecule has 1 N–H and O–H groups in total. The van der Waals surface area contributed by atoms with E-state index in [1.165, 1.54) is 12.3 Å². The SMILES string of the molecule is O=C(Cn1ncc2ccccc2c1=O)NCc1cc(Br)ccc1F. The average Bonchev–Trinajstić information content (AvgIpc) is 2.58. The minimum absolute atomic E-state index is 0.0342. The lowest BCUT2D eigenvalue weighted by atomic mass is 10.2. The number of hydrogen-bond acceptors (Lipinski definition) is 3. The van der Waals surface area contributed by atoms with Crippen LogP contribution in [0.25, 0.3) is 10.8 Å². The fourth-order valence-electron chi connectivity index (χ4n) is 2.30. The topological polar surface area (TPSA) is 64.0 Å². The lowest BCUT2D eigenvalue weighted by Crippen LogP contribution is -2.33. The lowest BCUT2D eigenvalue weighted by Gasteiger charge is -2.08. The van der Waals surface area contributed by atoms with Gasteiger partial charge in [-0.2, -0.15) is 5.10 Å². The Hall–Kier alpha value is -2.54. The van der Waals surface area contributed by atoms with Gasteiger partial charge in [0.25, 0.3) is 5.56 Å². The number of fused-ring (bicyclic) bond motifs is 1. The summed E-state index contributed by atoms with van der Waals surface area (Å²) in [6.45, 7) is -0.189. The number of carbonyl (C=O) groups is 1. The van der Waals surface area contributed by atoms with Gasteiger partial charge in [-0.05, 0) is 24.3 Å². The van der Waals surface area contributed by atoms with Crippen molar-refractivity contribution in [3.63, 3.8) is 0 Å². The van der Waals surface area contributed by atoms with Crippen molar-refractivity contribution < 1.29 is 9.18 Å². The highest BCUT2D eigenvalue weighted by Crippen LogP contribution is 2.15. The maximum atomic E-state index is 13.6. The van der Waals surface area contributed by atoms with E-state index in [9.17, 15) is 14.0 Å². The molecule has 0 fully saturated rings. The Labute approximate surface area is 145 Å². The predicted octanol–water partition coefficient (Wildman–Crippen LogP) is 2.61. The molecule has 0 aliphatic carbocycles. The molecule has 122 valence electrons. The quantitative estimate of drug-likeness (QED) is 0.745. The minimum atomic E-state index is -0.417. The van der Waals surface area contributed by atoms with Gasteiger partial charge in [0.2, 0.25) is 5.91 Å². The van der Waals surface area contributed by atoms with Crippen LogP contribution in [0.3, 0.4) is 0 Å². The van der Waals surface area contributed by atoms with Gasteiger partial charge in [0, 0.05) is 22.0 Å². The van der Waals surface area contributed by atoms with Gasteiger partial charge in [-0.25, -0.2) is 9.07 Å². The Balaban J connectivity index is 1.72. The smallest absolute Gasteiger partial charge is 0.275 e. The zero-order valence-electron chi connectivity index (χ0n) is 12.5. The Morgan fingerprint density at radius 1 is 1.25 bits per heavy atom. The van der Waals surface area contributed by atoms with Crippen LogP contribution in [0.15, 0.2) is 57.9 Å². The first-order chi connectivity index (χ1) is 11.5. The molecule has 24 heavy (non-hydrogen) atoms. The van der Waals surface area contributed by atoms with Gasteiger partial charge in [0.05, 0.1) is 11.6 Å². The van der Waals surface area contributed by atoms with Crippen molar-refractivity contribution in [1.29, 1.82) is 0 Å². The van der Waals surface area contributed by atoms with Crippen molar-refractivity contribution in [2.75, 3.05) is 0 Å². The fraction of sp³-hybridized carbons (Fsp3) is 0.118. The highest BCUT2D eigenvalue weighted by molar-refractivity contribution is 9.10. The summed E-state index contributed by atoms with van der Waals surface area (Å²) < 4.78 is 15.5. The van der Waals surface area contributed by atoms with Crippen LogP contribution in [-0.2, 0) is 17.9 Å². The third-order valence-electron chi connectivity index (χ3n) is 3.54. The molecule has 3 aromatic rings. The molecule has 1 amide bonds. The molecule has 1 aromatic heterocycles. The summed E-state index contributed by atoms with van der Waals surface area (Å²) in [5.41, 5.74) is 0.0217. The van der Waals surface area contributed by atoms with E-state index in [-0.39, 0.29) is 18.6 Å². The van der Waals surface area contributed by atoms with E-state index in [0.717, 1.165) is 14.5 Å². The van der Waals surface area contributed by atoms with Crippen molar-refractivity contribution in [1.82, 2.24) is 15.1 Å². The predicted molar refractivity (Wildman–Crippen MR) is 91.9 cm³/mol. The van der Waals surface area contributed by atoms with Gasteiger partial charge < -0.3 is 5.32 Å². The molecule has 0 atom stereocenters. The third-order valence-corrected chi connectivity index (χ3v) is 4.03. The summed E-state index contributed by atoms with van der Waals surface area (Å²) in [7, 11) is 0. The number of nitrogens with one attached hydrogen (secondary N) is 1. The van der Waals surface area contributed by atoms with E-state index >= 15 is 0 Å². The van der Waals surface area contributed by atoms with Crippen LogP contribution >= 0.6 is 15.9 Å². The Bertz CT molecular complexity index is 971. The zero-order chi connectivity index (χ0) is 17.1. The van der Waals surface area contributed by atoms with Crippen molar-refractivity contribution in [2.24, 2.45) is 0 Å². The molecule has 2 aromatic carbocycles. The van der Waals surface area contributed by atoms with Gasteiger partial charge in [-0.15, -0.1) is 0 Å². The van der Waals surface area contributed by atoms with Crippen molar-refractivity contribution in [3.8, 4) is 0 Å². The van der Waals surface area contributed by atoms with E-state index in [1.54, 1.807) is 30.3 Å². The second-order valence-corrected chi connectivity index (χ2v) is 6.12. The molecule has 0 radical (unpaired) electrons. The first-order valence-corrected chi connectivity index (χ1v) is 7.99. The maximum Gasteiger partial charge on any atom is 0.275 e. The summed E-state index contributed by atoms with van der Waals surface area (Å²) in [5, 5.41) is 7.80. The van der Waals surface area contributed by atoms with E-state index < -0.39 is 11.7 Å². The van der Waals surface area contributed by atoms with E-state index in [0.29, 0.717) is 10.9 Å². The molecule has 1 heterocycles. The standard InChI is InChI=1S/C17H13BrFN3O2/c18-13-5-6-15(19)12(7-13)8-20-16(23)10-22-17(24)14-4-2-1-3-11(14)9-21-22/h1-7,9H,8,10H2,(H,20,23). The molecule has 0 bridgehead atoms. The first kappa shape index (κ1) is 16.3. The van der Waals surface area contributed by atoms with Crippen molar-refractivity contribution in [2.45, 2.75) is 13.1 Å². The van der Waals surface area contributed by atoms with Crippen LogP contribution in [-0.4, -0.2) is 15.7 Å². The fourth-order valence-corrected chi connectivity index (χ4v) is 2.71. The number of rotatable bonds is 4.